The number of aromatic carboxylic acids is 1. The summed E-state index contributed by atoms with van der Waals surface area (Å²) < 4.78 is 26.8. The molecule has 1 unspecified atom stereocenters. The molecule has 1 atom stereocenters. The Hall–Kier alpha value is -1.49. The average molecular weight is 229 g/mol. The van der Waals surface area contributed by atoms with Crippen LogP contribution in [0.4, 0.5) is 8.78 Å². The van der Waals surface area contributed by atoms with E-state index < -0.39 is 23.2 Å². The molecule has 16 heavy (non-hydrogen) atoms. The minimum Gasteiger partial charge on any atom is -0.478 e. The van der Waals surface area contributed by atoms with E-state index in [4.69, 9.17) is 10.8 Å². The topological polar surface area (TPSA) is 63.3 Å². The Labute approximate surface area is 91.9 Å². The van der Waals surface area contributed by atoms with E-state index in [9.17, 15) is 13.6 Å². The van der Waals surface area contributed by atoms with Crippen molar-refractivity contribution < 1.29 is 18.7 Å². The summed E-state index contributed by atoms with van der Waals surface area (Å²) in [6.45, 7) is 2.08. The molecule has 0 saturated heterocycles. The van der Waals surface area contributed by atoms with E-state index in [0.29, 0.717) is 13.0 Å². The molecule has 0 aliphatic rings. The summed E-state index contributed by atoms with van der Waals surface area (Å²) in [5, 5.41) is 8.60. The van der Waals surface area contributed by atoms with E-state index in [1.54, 1.807) is 6.92 Å². The smallest absolute Gasteiger partial charge is 0.338 e. The number of carboxylic acids is 1. The molecule has 0 saturated carbocycles. The second kappa shape index (κ2) is 5.03. The number of hydrogen-bond acceptors (Lipinski definition) is 2. The van der Waals surface area contributed by atoms with Gasteiger partial charge in [-0.05, 0) is 30.5 Å². The second-order valence-electron chi connectivity index (χ2n) is 3.61. The Morgan fingerprint density at radius 1 is 1.44 bits per heavy atom. The second-order valence-corrected chi connectivity index (χ2v) is 3.61. The van der Waals surface area contributed by atoms with Gasteiger partial charge < -0.3 is 10.8 Å². The number of nitrogens with two attached hydrogens (primary N) is 1. The van der Waals surface area contributed by atoms with Crippen LogP contribution < -0.4 is 5.73 Å². The van der Waals surface area contributed by atoms with Gasteiger partial charge in [-0.1, -0.05) is 13.0 Å². The monoisotopic (exact) mass is 229 g/mol. The summed E-state index contributed by atoms with van der Waals surface area (Å²) >= 11 is 0. The van der Waals surface area contributed by atoms with Gasteiger partial charge in [0.2, 0.25) is 0 Å². The fourth-order valence-electron chi connectivity index (χ4n) is 1.52. The van der Waals surface area contributed by atoms with Crippen molar-refractivity contribution in [3.05, 3.63) is 34.9 Å². The van der Waals surface area contributed by atoms with Crippen molar-refractivity contribution in [3.8, 4) is 0 Å². The summed E-state index contributed by atoms with van der Waals surface area (Å²) in [5.74, 6) is -4.12. The largest absolute Gasteiger partial charge is 0.478 e. The lowest BCUT2D eigenvalue weighted by atomic mass is 9.96. The van der Waals surface area contributed by atoms with Crippen LogP contribution in [-0.2, 0) is 0 Å². The summed E-state index contributed by atoms with van der Waals surface area (Å²) in [5.41, 5.74) is 4.83. The first-order valence-corrected chi connectivity index (χ1v) is 4.90. The predicted molar refractivity (Wildman–Crippen MR) is 55.4 cm³/mol. The molecule has 88 valence electrons. The van der Waals surface area contributed by atoms with Gasteiger partial charge in [0.15, 0.2) is 11.6 Å². The fraction of sp³-hybridized carbons (Fsp3) is 0.364. The molecule has 0 aromatic heterocycles. The summed E-state index contributed by atoms with van der Waals surface area (Å²) in [6, 6.07) is 2.37. The van der Waals surface area contributed by atoms with Crippen LogP contribution in [0, 0.1) is 11.6 Å². The lowest BCUT2D eigenvalue weighted by Gasteiger charge is -2.12. The van der Waals surface area contributed by atoms with E-state index in [0.717, 1.165) is 6.07 Å². The first kappa shape index (κ1) is 12.6. The minimum atomic E-state index is -1.48. The number of benzene rings is 1. The van der Waals surface area contributed by atoms with Crippen molar-refractivity contribution in [1.29, 1.82) is 0 Å². The maximum atomic E-state index is 13.5. The third-order valence-corrected chi connectivity index (χ3v) is 2.47. The zero-order valence-corrected chi connectivity index (χ0v) is 8.84. The van der Waals surface area contributed by atoms with Gasteiger partial charge >= 0.3 is 5.97 Å². The summed E-state index contributed by atoms with van der Waals surface area (Å²) in [4.78, 5) is 10.6. The molecular formula is C11H13F2NO2. The van der Waals surface area contributed by atoms with Crippen LogP contribution in [0.1, 0.15) is 35.2 Å². The molecule has 0 radical (unpaired) electrons. The first-order chi connectivity index (χ1) is 7.49. The number of carboxylic acid groups (broad SMARTS) is 1. The van der Waals surface area contributed by atoms with Gasteiger partial charge in [-0.25, -0.2) is 13.6 Å². The van der Waals surface area contributed by atoms with Crippen molar-refractivity contribution in [1.82, 2.24) is 0 Å². The van der Waals surface area contributed by atoms with Crippen molar-refractivity contribution in [2.45, 2.75) is 19.3 Å². The Bertz CT molecular complexity index is 407. The Morgan fingerprint density at radius 2 is 2.06 bits per heavy atom. The molecule has 1 aromatic rings. The summed E-state index contributed by atoms with van der Waals surface area (Å²) in [7, 11) is 0. The van der Waals surface area contributed by atoms with E-state index in [1.807, 2.05) is 0 Å². The third kappa shape index (κ3) is 2.36. The SMILES string of the molecule is CC(CCN)c1ccc(C(=O)O)c(F)c1F. The molecule has 5 heteroatoms. The number of hydrogen-bond donors (Lipinski definition) is 2. The lowest BCUT2D eigenvalue weighted by Crippen LogP contribution is -2.10. The van der Waals surface area contributed by atoms with Gasteiger partial charge in [0.25, 0.3) is 0 Å². The molecular weight excluding hydrogens is 216 g/mol. The van der Waals surface area contributed by atoms with Crippen LogP contribution in [0.2, 0.25) is 0 Å². The van der Waals surface area contributed by atoms with Crippen molar-refractivity contribution in [3.63, 3.8) is 0 Å². The third-order valence-electron chi connectivity index (χ3n) is 2.47. The predicted octanol–water partition coefficient (Wildman–Crippen LogP) is 2.12. The van der Waals surface area contributed by atoms with Gasteiger partial charge in [0.05, 0.1) is 5.56 Å². The van der Waals surface area contributed by atoms with Gasteiger partial charge in [-0.2, -0.15) is 0 Å². The molecule has 0 heterocycles. The molecule has 0 aliphatic heterocycles. The van der Waals surface area contributed by atoms with Crippen LogP contribution >= 0.6 is 0 Å². The van der Waals surface area contributed by atoms with E-state index in [1.165, 1.54) is 6.07 Å². The van der Waals surface area contributed by atoms with Gasteiger partial charge in [-0.3, -0.25) is 0 Å². The van der Waals surface area contributed by atoms with Crippen molar-refractivity contribution in [2.24, 2.45) is 5.73 Å². The van der Waals surface area contributed by atoms with Crippen molar-refractivity contribution in [2.75, 3.05) is 6.54 Å². The highest BCUT2D eigenvalue weighted by atomic mass is 19.2. The van der Waals surface area contributed by atoms with Gasteiger partial charge in [0.1, 0.15) is 0 Å². The van der Waals surface area contributed by atoms with Crippen LogP contribution in [0.5, 0.6) is 0 Å². The van der Waals surface area contributed by atoms with E-state index >= 15 is 0 Å². The summed E-state index contributed by atoms with van der Waals surface area (Å²) in [6.07, 6.45) is 0.517. The first-order valence-electron chi connectivity index (χ1n) is 4.90. The molecule has 0 bridgehead atoms. The normalized spacial score (nSPS) is 12.5. The van der Waals surface area contributed by atoms with Crippen LogP contribution in [0.3, 0.4) is 0 Å². The Morgan fingerprint density at radius 3 is 2.56 bits per heavy atom. The maximum Gasteiger partial charge on any atom is 0.338 e. The zero-order valence-electron chi connectivity index (χ0n) is 8.84. The van der Waals surface area contributed by atoms with Crippen LogP contribution in [-0.4, -0.2) is 17.6 Å². The van der Waals surface area contributed by atoms with Crippen LogP contribution in [0.25, 0.3) is 0 Å². The molecule has 0 amide bonds. The highest BCUT2D eigenvalue weighted by molar-refractivity contribution is 5.88. The molecule has 0 fully saturated rings. The Kier molecular flexibility index (Phi) is 3.95. The molecule has 3 N–H and O–H groups in total. The molecule has 3 nitrogen and oxygen atoms in total. The highest BCUT2D eigenvalue weighted by Gasteiger charge is 2.20. The maximum absolute atomic E-state index is 13.5. The molecule has 1 aromatic carbocycles. The number of halogens is 2. The minimum absolute atomic E-state index is 0.160. The highest BCUT2D eigenvalue weighted by Crippen LogP contribution is 2.25. The van der Waals surface area contributed by atoms with E-state index in [2.05, 4.69) is 0 Å². The molecule has 0 spiro atoms. The van der Waals surface area contributed by atoms with Gasteiger partial charge in [-0.15, -0.1) is 0 Å². The number of rotatable bonds is 4. The molecule has 1 rings (SSSR count). The van der Waals surface area contributed by atoms with Gasteiger partial charge in [0, 0.05) is 0 Å². The van der Waals surface area contributed by atoms with Crippen molar-refractivity contribution >= 4 is 5.97 Å². The van der Waals surface area contributed by atoms with E-state index in [-0.39, 0.29) is 11.5 Å². The molecule has 0 aliphatic carbocycles. The zero-order chi connectivity index (χ0) is 12.3. The van der Waals surface area contributed by atoms with Crippen LogP contribution in [0.15, 0.2) is 12.1 Å². The quantitative estimate of drug-likeness (QED) is 0.831. The number of carbonyl (C=O) groups is 1. The fourth-order valence-corrected chi connectivity index (χ4v) is 1.52. The Balaban J connectivity index is 3.16. The lowest BCUT2D eigenvalue weighted by molar-refractivity contribution is 0.0690. The average Bonchev–Trinajstić information content (AvgIpc) is 2.21. The standard InChI is InChI=1S/C11H13F2NO2/c1-6(4-5-14)7-2-3-8(11(15)16)10(13)9(7)12/h2-3,6H,4-5,14H2,1H3,(H,15,16).